The molecule has 2 aromatic rings. The zero-order chi connectivity index (χ0) is 14.7. The molecule has 2 atom stereocenters. The maximum atomic E-state index is 12.1. The van der Waals surface area contributed by atoms with Gasteiger partial charge in [0.05, 0.1) is 5.29 Å². The molecule has 2 aromatic carbocycles. The molecular weight excluding hydrogens is 268 g/mol. The van der Waals surface area contributed by atoms with E-state index in [1.165, 1.54) is 5.01 Å². The number of hydrogen-bond acceptors (Lipinski definition) is 4. The van der Waals surface area contributed by atoms with Gasteiger partial charge in [-0.25, -0.2) is 9.80 Å². The molecule has 0 aliphatic carbocycles. The molecule has 0 saturated carbocycles. The second-order valence-electron chi connectivity index (χ2n) is 4.87. The first kappa shape index (κ1) is 13.3. The number of nitroso groups, excluding NO2 is 1. The van der Waals surface area contributed by atoms with Crippen molar-refractivity contribution in [2.24, 2.45) is 5.29 Å². The fraction of sp³-hybridized carbons (Fsp3) is 0.188. The van der Waals surface area contributed by atoms with Gasteiger partial charge in [-0.1, -0.05) is 60.7 Å². The van der Waals surface area contributed by atoms with Gasteiger partial charge < -0.3 is 4.74 Å². The summed E-state index contributed by atoms with van der Waals surface area (Å²) in [6.07, 6.45) is -0.348. The van der Waals surface area contributed by atoms with Crippen molar-refractivity contribution in [2.75, 3.05) is 0 Å². The second-order valence-corrected chi connectivity index (χ2v) is 4.87. The van der Waals surface area contributed by atoms with Crippen LogP contribution in [-0.4, -0.2) is 17.0 Å². The predicted octanol–water partition coefficient (Wildman–Crippen LogP) is 2.84. The standard InChI is InChI=1S/C16H14N2O3/c19-16-14(11-12-7-3-1-4-8-12)18(17-20)15(21-16)13-9-5-2-6-10-13/h1-10,14-15H,11H2. The van der Waals surface area contributed by atoms with E-state index in [0.717, 1.165) is 11.1 Å². The molecule has 106 valence electrons. The van der Waals surface area contributed by atoms with E-state index < -0.39 is 18.2 Å². The van der Waals surface area contributed by atoms with E-state index in [-0.39, 0.29) is 0 Å². The Labute approximate surface area is 122 Å². The van der Waals surface area contributed by atoms with E-state index in [2.05, 4.69) is 5.29 Å². The third kappa shape index (κ3) is 2.63. The minimum Gasteiger partial charge on any atom is -0.434 e. The second kappa shape index (κ2) is 5.75. The molecule has 3 rings (SSSR count). The molecule has 1 aliphatic heterocycles. The Morgan fingerprint density at radius 3 is 2.24 bits per heavy atom. The number of carbonyl (C=O) groups is 1. The van der Waals surface area contributed by atoms with Crippen LogP contribution in [0.15, 0.2) is 65.9 Å². The molecule has 0 spiro atoms. The third-order valence-electron chi connectivity index (χ3n) is 3.51. The van der Waals surface area contributed by atoms with Crippen molar-refractivity contribution in [3.63, 3.8) is 0 Å². The monoisotopic (exact) mass is 282 g/mol. The molecule has 0 bridgehead atoms. The summed E-state index contributed by atoms with van der Waals surface area (Å²) in [5, 5.41) is 4.21. The average molecular weight is 282 g/mol. The first-order valence-electron chi connectivity index (χ1n) is 6.70. The van der Waals surface area contributed by atoms with E-state index in [4.69, 9.17) is 4.74 Å². The normalized spacial score (nSPS) is 21.1. The zero-order valence-electron chi connectivity index (χ0n) is 11.3. The molecule has 1 saturated heterocycles. The van der Waals surface area contributed by atoms with Crippen LogP contribution in [0.2, 0.25) is 0 Å². The minimum atomic E-state index is -0.745. The smallest absolute Gasteiger partial charge is 0.333 e. The van der Waals surface area contributed by atoms with E-state index in [1.54, 1.807) is 12.1 Å². The Kier molecular flexibility index (Phi) is 3.64. The molecule has 21 heavy (non-hydrogen) atoms. The molecule has 0 amide bonds. The highest BCUT2D eigenvalue weighted by Gasteiger charge is 2.43. The molecule has 2 unspecified atom stereocenters. The fourth-order valence-electron chi connectivity index (χ4n) is 2.47. The highest BCUT2D eigenvalue weighted by Crippen LogP contribution is 2.33. The Balaban J connectivity index is 1.85. The quantitative estimate of drug-likeness (QED) is 0.639. The number of esters is 1. The molecule has 0 N–H and O–H groups in total. The van der Waals surface area contributed by atoms with Crippen molar-refractivity contribution < 1.29 is 9.53 Å². The van der Waals surface area contributed by atoms with Gasteiger partial charge in [0.15, 0.2) is 6.04 Å². The van der Waals surface area contributed by atoms with Crippen LogP contribution in [-0.2, 0) is 16.0 Å². The van der Waals surface area contributed by atoms with E-state index in [0.29, 0.717) is 6.42 Å². The van der Waals surface area contributed by atoms with Crippen molar-refractivity contribution >= 4 is 5.97 Å². The van der Waals surface area contributed by atoms with E-state index >= 15 is 0 Å². The number of benzene rings is 2. The van der Waals surface area contributed by atoms with Gasteiger partial charge in [-0.2, -0.15) is 0 Å². The fourth-order valence-corrected chi connectivity index (χ4v) is 2.47. The van der Waals surface area contributed by atoms with Crippen molar-refractivity contribution in [1.82, 2.24) is 5.01 Å². The first-order chi connectivity index (χ1) is 10.3. The van der Waals surface area contributed by atoms with Crippen molar-refractivity contribution in [1.29, 1.82) is 0 Å². The first-order valence-corrected chi connectivity index (χ1v) is 6.70. The number of hydrogen-bond donors (Lipinski definition) is 0. The Hall–Kier alpha value is -2.69. The number of ether oxygens (including phenoxy) is 1. The molecular formula is C16H14N2O3. The molecule has 1 aliphatic rings. The summed E-state index contributed by atoms with van der Waals surface area (Å²) in [5.74, 6) is -0.424. The van der Waals surface area contributed by atoms with Gasteiger partial charge in [-0.3, -0.25) is 0 Å². The van der Waals surface area contributed by atoms with Crippen LogP contribution in [0.1, 0.15) is 17.4 Å². The maximum Gasteiger partial charge on any atom is 0.333 e. The van der Waals surface area contributed by atoms with E-state index in [1.807, 2.05) is 48.5 Å². The third-order valence-corrected chi connectivity index (χ3v) is 3.51. The van der Waals surface area contributed by atoms with Crippen LogP contribution in [0.5, 0.6) is 0 Å². The van der Waals surface area contributed by atoms with Crippen molar-refractivity contribution in [3.8, 4) is 0 Å². The van der Waals surface area contributed by atoms with Gasteiger partial charge in [-0.05, 0) is 5.56 Å². The number of rotatable bonds is 4. The van der Waals surface area contributed by atoms with Crippen LogP contribution in [0.4, 0.5) is 0 Å². The van der Waals surface area contributed by atoms with E-state index in [9.17, 15) is 9.70 Å². The van der Waals surface area contributed by atoms with Gasteiger partial charge >= 0.3 is 5.97 Å². The average Bonchev–Trinajstić information content (AvgIpc) is 2.85. The largest absolute Gasteiger partial charge is 0.434 e. The minimum absolute atomic E-state index is 0.398. The maximum absolute atomic E-state index is 12.1. The van der Waals surface area contributed by atoms with Gasteiger partial charge in [0.1, 0.15) is 0 Å². The lowest BCUT2D eigenvalue weighted by Crippen LogP contribution is -2.31. The molecule has 0 radical (unpaired) electrons. The predicted molar refractivity (Wildman–Crippen MR) is 76.8 cm³/mol. The van der Waals surface area contributed by atoms with Gasteiger partial charge in [-0.15, -0.1) is 4.91 Å². The summed E-state index contributed by atoms with van der Waals surface area (Å²) < 4.78 is 5.33. The summed E-state index contributed by atoms with van der Waals surface area (Å²) in [6.45, 7) is 0. The Bertz CT molecular complexity index is 630. The van der Waals surface area contributed by atoms with Gasteiger partial charge in [0, 0.05) is 12.0 Å². The Morgan fingerprint density at radius 2 is 1.62 bits per heavy atom. The lowest BCUT2D eigenvalue weighted by molar-refractivity contribution is -0.143. The number of cyclic esters (lactones) is 1. The molecule has 5 nitrogen and oxygen atoms in total. The number of nitrogens with zero attached hydrogens (tertiary/aromatic N) is 2. The molecule has 0 aromatic heterocycles. The summed E-state index contributed by atoms with van der Waals surface area (Å²) in [4.78, 5) is 23.2. The highest BCUT2D eigenvalue weighted by molar-refractivity contribution is 5.78. The SMILES string of the molecule is O=NN1C(Cc2ccccc2)C(=O)OC1c1ccccc1. The lowest BCUT2D eigenvalue weighted by Gasteiger charge is -2.19. The van der Waals surface area contributed by atoms with Crippen LogP contribution in [0.25, 0.3) is 0 Å². The Morgan fingerprint density at radius 1 is 1.00 bits per heavy atom. The zero-order valence-corrected chi connectivity index (χ0v) is 11.3. The molecule has 1 heterocycles. The summed E-state index contributed by atoms with van der Waals surface area (Å²) in [5.41, 5.74) is 1.70. The van der Waals surface area contributed by atoms with Crippen molar-refractivity contribution in [3.05, 3.63) is 76.7 Å². The topological polar surface area (TPSA) is 59.0 Å². The lowest BCUT2D eigenvalue weighted by atomic mass is 10.1. The highest BCUT2D eigenvalue weighted by atomic mass is 16.6. The van der Waals surface area contributed by atoms with Crippen LogP contribution >= 0.6 is 0 Å². The number of carbonyl (C=O) groups excluding carboxylic acids is 1. The van der Waals surface area contributed by atoms with Crippen LogP contribution < -0.4 is 0 Å². The van der Waals surface area contributed by atoms with Crippen molar-refractivity contribution in [2.45, 2.75) is 18.7 Å². The van der Waals surface area contributed by atoms with Crippen LogP contribution in [0.3, 0.4) is 0 Å². The van der Waals surface area contributed by atoms with Gasteiger partial charge in [0.25, 0.3) is 0 Å². The summed E-state index contributed by atoms with van der Waals surface area (Å²) >= 11 is 0. The van der Waals surface area contributed by atoms with Crippen LogP contribution in [0, 0.1) is 4.91 Å². The molecule has 5 heteroatoms. The summed E-state index contributed by atoms with van der Waals surface area (Å²) in [7, 11) is 0. The summed E-state index contributed by atoms with van der Waals surface area (Å²) in [6, 6.07) is 18.0. The van der Waals surface area contributed by atoms with Gasteiger partial charge in [0.2, 0.25) is 6.23 Å². The molecule has 1 fully saturated rings.